The highest BCUT2D eigenvalue weighted by molar-refractivity contribution is 5.75. The molecule has 0 aliphatic heterocycles. The molecule has 2 N–H and O–H groups in total. The van der Waals surface area contributed by atoms with Gasteiger partial charge in [-0.3, -0.25) is 4.68 Å². The average molecular weight is 242 g/mol. The summed E-state index contributed by atoms with van der Waals surface area (Å²) in [5, 5.41) is 23.3. The maximum atomic E-state index is 11.1. The molecule has 2 unspecified atom stereocenters. The minimum atomic E-state index is -1.60. The molecular weight excluding hydrogens is 224 g/mol. The molecule has 0 saturated carbocycles. The van der Waals surface area contributed by atoms with Gasteiger partial charge in [0, 0.05) is 11.8 Å². The van der Waals surface area contributed by atoms with Crippen molar-refractivity contribution in [3.8, 4) is 0 Å². The molecular formula is C11H18N2O4. The lowest BCUT2D eigenvalue weighted by molar-refractivity contribution is -0.156. The SMILES string of the molecule is COC(=O)C(O)C(O)c1cnn(C(C)(C)C)c1. The summed E-state index contributed by atoms with van der Waals surface area (Å²) in [6.07, 6.45) is 0.0787. The summed E-state index contributed by atoms with van der Waals surface area (Å²) in [5.41, 5.74) is 0.145. The van der Waals surface area contributed by atoms with Gasteiger partial charge in [-0.05, 0) is 20.8 Å². The van der Waals surface area contributed by atoms with Gasteiger partial charge in [-0.1, -0.05) is 0 Å². The molecule has 0 spiro atoms. The Morgan fingerprint density at radius 2 is 2.06 bits per heavy atom. The maximum absolute atomic E-state index is 11.1. The van der Waals surface area contributed by atoms with Crippen LogP contribution in [0.2, 0.25) is 0 Å². The Hall–Kier alpha value is -1.40. The van der Waals surface area contributed by atoms with Gasteiger partial charge in [0.05, 0.1) is 18.8 Å². The second-order valence-corrected chi connectivity index (χ2v) is 4.80. The Bertz CT molecular complexity index is 394. The number of methoxy groups -OCH3 is 1. The van der Waals surface area contributed by atoms with Crippen molar-refractivity contribution in [1.82, 2.24) is 9.78 Å². The van der Waals surface area contributed by atoms with Crippen molar-refractivity contribution >= 4 is 5.97 Å². The molecule has 0 aliphatic rings. The quantitative estimate of drug-likeness (QED) is 0.740. The summed E-state index contributed by atoms with van der Waals surface area (Å²) in [6, 6.07) is 0. The molecule has 0 radical (unpaired) electrons. The summed E-state index contributed by atoms with van der Waals surface area (Å²) in [7, 11) is 1.15. The number of aliphatic hydroxyl groups is 2. The number of rotatable bonds is 3. The Morgan fingerprint density at radius 1 is 1.47 bits per heavy atom. The largest absolute Gasteiger partial charge is 0.467 e. The van der Waals surface area contributed by atoms with Crippen LogP contribution in [-0.4, -0.2) is 39.2 Å². The molecule has 0 saturated heterocycles. The first-order valence-electron chi connectivity index (χ1n) is 5.26. The maximum Gasteiger partial charge on any atom is 0.337 e. The Kier molecular flexibility index (Phi) is 3.90. The second kappa shape index (κ2) is 4.85. The summed E-state index contributed by atoms with van der Waals surface area (Å²) in [5.74, 6) is -0.874. The van der Waals surface area contributed by atoms with Crippen LogP contribution in [-0.2, 0) is 15.1 Å². The van der Waals surface area contributed by atoms with Crippen molar-refractivity contribution in [2.45, 2.75) is 38.5 Å². The highest BCUT2D eigenvalue weighted by Gasteiger charge is 2.28. The van der Waals surface area contributed by atoms with Gasteiger partial charge in [-0.25, -0.2) is 4.79 Å². The van der Waals surface area contributed by atoms with Crippen LogP contribution in [0.15, 0.2) is 12.4 Å². The highest BCUT2D eigenvalue weighted by Crippen LogP contribution is 2.20. The van der Waals surface area contributed by atoms with Crippen LogP contribution in [0.5, 0.6) is 0 Å². The number of hydrogen-bond donors (Lipinski definition) is 2. The van der Waals surface area contributed by atoms with Crippen molar-refractivity contribution in [2.24, 2.45) is 0 Å². The molecule has 0 aliphatic carbocycles. The minimum Gasteiger partial charge on any atom is -0.467 e. The van der Waals surface area contributed by atoms with Gasteiger partial charge in [0.2, 0.25) is 0 Å². The summed E-state index contributed by atoms with van der Waals surface area (Å²) in [6.45, 7) is 5.85. The lowest BCUT2D eigenvalue weighted by atomic mass is 10.1. The van der Waals surface area contributed by atoms with Crippen LogP contribution in [0, 0.1) is 0 Å². The third kappa shape index (κ3) is 3.04. The molecule has 2 atom stereocenters. The third-order valence-electron chi connectivity index (χ3n) is 2.37. The zero-order valence-electron chi connectivity index (χ0n) is 10.4. The fourth-order valence-electron chi connectivity index (χ4n) is 1.29. The molecule has 1 aromatic rings. The molecule has 6 nitrogen and oxygen atoms in total. The first-order chi connectivity index (χ1) is 7.77. The molecule has 6 heteroatoms. The predicted molar refractivity (Wildman–Crippen MR) is 60.2 cm³/mol. The van der Waals surface area contributed by atoms with E-state index in [2.05, 4.69) is 9.84 Å². The number of ether oxygens (including phenoxy) is 1. The number of aliphatic hydroxyl groups excluding tert-OH is 2. The molecule has 1 heterocycles. The zero-order valence-corrected chi connectivity index (χ0v) is 10.4. The molecule has 96 valence electrons. The van der Waals surface area contributed by atoms with Crippen LogP contribution in [0.3, 0.4) is 0 Å². The lowest BCUT2D eigenvalue weighted by Crippen LogP contribution is -2.29. The van der Waals surface area contributed by atoms with Gasteiger partial charge in [-0.2, -0.15) is 5.10 Å². The normalized spacial score (nSPS) is 15.4. The smallest absolute Gasteiger partial charge is 0.337 e. The van der Waals surface area contributed by atoms with Crippen molar-refractivity contribution in [1.29, 1.82) is 0 Å². The number of nitrogens with zero attached hydrogens (tertiary/aromatic N) is 2. The monoisotopic (exact) mass is 242 g/mol. The fraction of sp³-hybridized carbons (Fsp3) is 0.636. The topological polar surface area (TPSA) is 84.6 Å². The molecule has 1 rings (SSSR count). The second-order valence-electron chi connectivity index (χ2n) is 4.80. The molecule has 0 bridgehead atoms. The summed E-state index contributed by atoms with van der Waals surface area (Å²) in [4.78, 5) is 11.1. The van der Waals surface area contributed by atoms with Crippen molar-refractivity contribution < 1.29 is 19.7 Å². The van der Waals surface area contributed by atoms with Crippen molar-refractivity contribution in [3.63, 3.8) is 0 Å². The van der Waals surface area contributed by atoms with Gasteiger partial charge in [0.25, 0.3) is 0 Å². The Morgan fingerprint density at radius 3 is 2.47 bits per heavy atom. The average Bonchev–Trinajstić information content (AvgIpc) is 2.74. The highest BCUT2D eigenvalue weighted by atomic mass is 16.5. The molecule has 0 amide bonds. The lowest BCUT2D eigenvalue weighted by Gasteiger charge is -2.19. The number of carbonyl (C=O) groups excluding carboxylic acids is 1. The molecule has 17 heavy (non-hydrogen) atoms. The van der Waals surface area contributed by atoms with Crippen LogP contribution < -0.4 is 0 Å². The van der Waals surface area contributed by atoms with Crippen LogP contribution in [0.1, 0.15) is 32.4 Å². The van der Waals surface area contributed by atoms with E-state index >= 15 is 0 Å². The van der Waals surface area contributed by atoms with E-state index in [1.165, 1.54) is 6.20 Å². The number of carbonyl (C=O) groups is 1. The predicted octanol–water partition coefficient (Wildman–Crippen LogP) is 0.205. The van der Waals surface area contributed by atoms with E-state index in [1.54, 1.807) is 10.9 Å². The first-order valence-corrected chi connectivity index (χ1v) is 5.26. The van der Waals surface area contributed by atoms with E-state index < -0.39 is 18.2 Å². The molecule has 1 aromatic heterocycles. The van der Waals surface area contributed by atoms with Crippen LogP contribution >= 0.6 is 0 Å². The van der Waals surface area contributed by atoms with E-state index in [0.29, 0.717) is 5.56 Å². The zero-order chi connectivity index (χ0) is 13.2. The summed E-state index contributed by atoms with van der Waals surface area (Å²) < 4.78 is 6.00. The third-order valence-corrected chi connectivity index (χ3v) is 2.37. The van der Waals surface area contributed by atoms with Crippen molar-refractivity contribution in [3.05, 3.63) is 18.0 Å². The van der Waals surface area contributed by atoms with E-state index in [4.69, 9.17) is 0 Å². The van der Waals surface area contributed by atoms with Gasteiger partial charge < -0.3 is 14.9 Å². The van der Waals surface area contributed by atoms with E-state index in [9.17, 15) is 15.0 Å². The fourth-order valence-corrected chi connectivity index (χ4v) is 1.29. The van der Waals surface area contributed by atoms with E-state index in [-0.39, 0.29) is 5.54 Å². The van der Waals surface area contributed by atoms with Gasteiger partial charge in [-0.15, -0.1) is 0 Å². The summed E-state index contributed by atoms with van der Waals surface area (Å²) >= 11 is 0. The van der Waals surface area contributed by atoms with Gasteiger partial charge in [0.1, 0.15) is 6.10 Å². The first kappa shape index (κ1) is 13.7. The van der Waals surface area contributed by atoms with Gasteiger partial charge >= 0.3 is 5.97 Å². The van der Waals surface area contributed by atoms with Crippen molar-refractivity contribution in [2.75, 3.05) is 7.11 Å². The van der Waals surface area contributed by atoms with Gasteiger partial charge in [0.15, 0.2) is 6.10 Å². The minimum absolute atomic E-state index is 0.228. The Labute approximate surface area is 99.8 Å². The number of esters is 1. The molecule has 0 fully saturated rings. The standard InChI is InChI=1S/C11H18N2O4/c1-11(2,3)13-6-7(5-12-13)8(14)9(15)10(16)17-4/h5-6,8-9,14-15H,1-4H3. The Balaban J connectivity index is 2.87. The number of hydrogen-bond acceptors (Lipinski definition) is 5. The van der Waals surface area contributed by atoms with E-state index in [0.717, 1.165) is 7.11 Å². The van der Waals surface area contributed by atoms with E-state index in [1.807, 2.05) is 20.8 Å². The van der Waals surface area contributed by atoms with Crippen LogP contribution in [0.4, 0.5) is 0 Å². The number of aromatic nitrogens is 2. The molecule has 0 aromatic carbocycles. The van der Waals surface area contributed by atoms with Crippen LogP contribution in [0.25, 0.3) is 0 Å².